The zero-order valence-corrected chi connectivity index (χ0v) is 11.7. The second-order valence-corrected chi connectivity index (χ2v) is 4.63. The highest BCUT2D eigenvalue weighted by molar-refractivity contribution is 5.32. The van der Waals surface area contributed by atoms with Gasteiger partial charge in [-0.3, -0.25) is 5.32 Å². The second kappa shape index (κ2) is 6.74. The molecule has 0 heterocycles. The van der Waals surface area contributed by atoms with Crippen LogP contribution in [-0.2, 0) is 0 Å². The average molecular weight is 266 g/mol. The molecule has 2 aromatic rings. The van der Waals surface area contributed by atoms with E-state index in [1.807, 2.05) is 42.5 Å². The Bertz CT molecular complexity index is 572. The van der Waals surface area contributed by atoms with Crippen molar-refractivity contribution in [3.63, 3.8) is 0 Å². The number of hydrogen-bond donors (Lipinski definition) is 1. The van der Waals surface area contributed by atoms with Crippen LogP contribution in [0.25, 0.3) is 0 Å². The summed E-state index contributed by atoms with van der Waals surface area (Å²) in [5.74, 6) is 0.793. The minimum atomic E-state index is -0.337. The SMILES string of the molecule is COc1ccc(C(C#N)N[C@H](C)c2ccccc2)cc1. The molecular formula is C17H18N2O. The maximum Gasteiger partial charge on any atom is 0.121 e. The van der Waals surface area contributed by atoms with Crippen LogP contribution >= 0.6 is 0 Å². The third-order valence-electron chi connectivity index (χ3n) is 3.29. The third kappa shape index (κ3) is 3.37. The maximum atomic E-state index is 9.36. The molecule has 0 radical (unpaired) electrons. The first-order valence-electron chi connectivity index (χ1n) is 6.59. The minimum Gasteiger partial charge on any atom is -0.497 e. The summed E-state index contributed by atoms with van der Waals surface area (Å²) in [5, 5.41) is 12.7. The van der Waals surface area contributed by atoms with Gasteiger partial charge in [-0.15, -0.1) is 0 Å². The summed E-state index contributed by atoms with van der Waals surface area (Å²) < 4.78 is 5.13. The summed E-state index contributed by atoms with van der Waals surface area (Å²) in [6.07, 6.45) is 0. The number of nitrogens with one attached hydrogen (secondary N) is 1. The fourth-order valence-corrected chi connectivity index (χ4v) is 2.09. The number of nitrogens with zero attached hydrogens (tertiary/aromatic N) is 1. The molecule has 0 aliphatic rings. The van der Waals surface area contributed by atoms with Crippen LogP contribution < -0.4 is 10.1 Å². The molecule has 0 bridgehead atoms. The molecule has 1 unspecified atom stereocenters. The molecule has 0 fully saturated rings. The number of benzene rings is 2. The molecule has 3 nitrogen and oxygen atoms in total. The number of ether oxygens (including phenoxy) is 1. The highest BCUT2D eigenvalue weighted by atomic mass is 16.5. The first-order chi connectivity index (χ1) is 9.74. The lowest BCUT2D eigenvalue weighted by atomic mass is 10.0. The van der Waals surface area contributed by atoms with Gasteiger partial charge in [0.05, 0.1) is 13.2 Å². The van der Waals surface area contributed by atoms with E-state index in [1.165, 1.54) is 5.56 Å². The smallest absolute Gasteiger partial charge is 0.121 e. The van der Waals surface area contributed by atoms with Gasteiger partial charge in [0.1, 0.15) is 11.8 Å². The van der Waals surface area contributed by atoms with Gasteiger partial charge < -0.3 is 4.74 Å². The van der Waals surface area contributed by atoms with Crippen molar-refractivity contribution in [2.45, 2.75) is 19.0 Å². The van der Waals surface area contributed by atoms with Crippen molar-refractivity contribution >= 4 is 0 Å². The maximum absolute atomic E-state index is 9.36. The minimum absolute atomic E-state index is 0.114. The van der Waals surface area contributed by atoms with Gasteiger partial charge >= 0.3 is 0 Å². The summed E-state index contributed by atoms with van der Waals surface area (Å²) in [7, 11) is 1.63. The van der Waals surface area contributed by atoms with E-state index < -0.39 is 0 Å². The van der Waals surface area contributed by atoms with Crippen molar-refractivity contribution in [2.75, 3.05) is 7.11 Å². The molecule has 0 saturated carbocycles. The van der Waals surface area contributed by atoms with Gasteiger partial charge in [-0.05, 0) is 30.2 Å². The van der Waals surface area contributed by atoms with E-state index in [1.54, 1.807) is 7.11 Å². The molecule has 20 heavy (non-hydrogen) atoms. The molecule has 0 spiro atoms. The van der Waals surface area contributed by atoms with E-state index in [0.717, 1.165) is 11.3 Å². The lowest BCUT2D eigenvalue weighted by Gasteiger charge is -2.19. The van der Waals surface area contributed by atoms with Gasteiger partial charge in [-0.2, -0.15) is 5.26 Å². The summed E-state index contributed by atoms with van der Waals surface area (Å²) in [5.41, 5.74) is 2.11. The predicted octanol–water partition coefficient (Wildman–Crippen LogP) is 3.61. The topological polar surface area (TPSA) is 45.0 Å². The molecular weight excluding hydrogens is 248 g/mol. The van der Waals surface area contributed by atoms with Crippen molar-refractivity contribution in [1.82, 2.24) is 5.32 Å². The van der Waals surface area contributed by atoms with Crippen molar-refractivity contribution in [1.29, 1.82) is 5.26 Å². The Balaban J connectivity index is 2.11. The van der Waals surface area contributed by atoms with Crippen molar-refractivity contribution < 1.29 is 4.74 Å². The lowest BCUT2D eigenvalue weighted by molar-refractivity contribution is 0.414. The molecule has 2 atom stereocenters. The fourth-order valence-electron chi connectivity index (χ4n) is 2.09. The Morgan fingerprint density at radius 2 is 1.65 bits per heavy atom. The van der Waals surface area contributed by atoms with Crippen molar-refractivity contribution in [3.05, 3.63) is 65.7 Å². The zero-order valence-electron chi connectivity index (χ0n) is 11.7. The van der Waals surface area contributed by atoms with Gasteiger partial charge in [0.25, 0.3) is 0 Å². The molecule has 1 N–H and O–H groups in total. The zero-order chi connectivity index (χ0) is 14.4. The van der Waals surface area contributed by atoms with E-state index in [-0.39, 0.29) is 12.1 Å². The summed E-state index contributed by atoms with van der Waals surface area (Å²) >= 11 is 0. The third-order valence-corrected chi connectivity index (χ3v) is 3.29. The molecule has 0 aliphatic carbocycles. The molecule has 2 aromatic carbocycles. The Morgan fingerprint density at radius 3 is 2.20 bits per heavy atom. The standard InChI is InChI=1S/C17H18N2O/c1-13(14-6-4-3-5-7-14)19-17(12-18)15-8-10-16(20-2)11-9-15/h3-11,13,17,19H,1-2H3/t13-,17?/m1/s1. The van der Waals surface area contributed by atoms with Gasteiger partial charge in [-0.1, -0.05) is 42.5 Å². The number of rotatable bonds is 5. The molecule has 3 heteroatoms. The highest BCUT2D eigenvalue weighted by Gasteiger charge is 2.14. The average Bonchev–Trinajstić information content (AvgIpc) is 2.53. The van der Waals surface area contributed by atoms with Crippen LogP contribution in [0.2, 0.25) is 0 Å². The second-order valence-electron chi connectivity index (χ2n) is 4.63. The summed E-state index contributed by atoms with van der Waals surface area (Å²) in [4.78, 5) is 0. The molecule has 0 amide bonds. The van der Waals surface area contributed by atoms with E-state index in [2.05, 4.69) is 30.4 Å². The van der Waals surface area contributed by atoms with Crippen LogP contribution in [0.5, 0.6) is 5.75 Å². The quantitative estimate of drug-likeness (QED) is 0.899. The van der Waals surface area contributed by atoms with Crippen LogP contribution in [0.4, 0.5) is 0 Å². The lowest BCUT2D eigenvalue weighted by Crippen LogP contribution is -2.23. The largest absolute Gasteiger partial charge is 0.497 e. The number of nitriles is 1. The van der Waals surface area contributed by atoms with E-state index >= 15 is 0 Å². The van der Waals surface area contributed by atoms with Crippen LogP contribution in [0, 0.1) is 11.3 Å². The first-order valence-corrected chi connectivity index (χ1v) is 6.59. The number of methoxy groups -OCH3 is 1. The van der Waals surface area contributed by atoms with Crippen molar-refractivity contribution in [3.8, 4) is 11.8 Å². The summed E-state index contributed by atoms with van der Waals surface area (Å²) in [6, 6.07) is 19.8. The van der Waals surface area contributed by atoms with E-state index in [4.69, 9.17) is 4.74 Å². The molecule has 0 aliphatic heterocycles. The Hall–Kier alpha value is -2.31. The van der Waals surface area contributed by atoms with Gasteiger partial charge in [0.15, 0.2) is 0 Å². The van der Waals surface area contributed by atoms with Crippen molar-refractivity contribution in [2.24, 2.45) is 0 Å². The molecule has 2 rings (SSSR count). The van der Waals surface area contributed by atoms with E-state index in [9.17, 15) is 5.26 Å². The Labute approximate surface area is 119 Å². The molecule has 0 aromatic heterocycles. The molecule has 0 saturated heterocycles. The van der Waals surface area contributed by atoms with Crippen LogP contribution in [-0.4, -0.2) is 7.11 Å². The van der Waals surface area contributed by atoms with Gasteiger partial charge in [-0.25, -0.2) is 0 Å². The van der Waals surface area contributed by atoms with Gasteiger partial charge in [0.2, 0.25) is 0 Å². The van der Waals surface area contributed by atoms with Gasteiger partial charge in [0, 0.05) is 6.04 Å². The van der Waals surface area contributed by atoms with E-state index in [0.29, 0.717) is 0 Å². The predicted molar refractivity (Wildman–Crippen MR) is 79.3 cm³/mol. The Morgan fingerprint density at radius 1 is 1.00 bits per heavy atom. The summed E-state index contributed by atoms with van der Waals surface area (Å²) in [6.45, 7) is 2.06. The molecule has 102 valence electrons. The highest BCUT2D eigenvalue weighted by Crippen LogP contribution is 2.21. The fraction of sp³-hybridized carbons (Fsp3) is 0.235. The van der Waals surface area contributed by atoms with Crippen LogP contribution in [0.15, 0.2) is 54.6 Å². The monoisotopic (exact) mass is 266 g/mol. The number of hydrogen-bond acceptors (Lipinski definition) is 3. The van der Waals surface area contributed by atoms with Crippen LogP contribution in [0.1, 0.15) is 30.1 Å². The first kappa shape index (κ1) is 14.1. The Kier molecular flexibility index (Phi) is 4.75. The normalized spacial score (nSPS) is 13.2. The van der Waals surface area contributed by atoms with Crippen LogP contribution in [0.3, 0.4) is 0 Å².